The molecule has 170 valence electrons. The molecular weight excluding hydrogens is 495 g/mol. The van der Waals surface area contributed by atoms with Crippen LogP contribution in [0, 0.1) is 5.82 Å². The van der Waals surface area contributed by atoms with E-state index in [1.807, 2.05) is 4.90 Å². The average Bonchev–Trinajstić information content (AvgIpc) is 2.78. The van der Waals surface area contributed by atoms with Crippen LogP contribution in [0.15, 0.2) is 59.3 Å². The van der Waals surface area contributed by atoms with Gasteiger partial charge in [-0.05, 0) is 45.8 Å². The minimum atomic E-state index is -0.412. The molecule has 0 atom stereocenters. The lowest BCUT2D eigenvalue weighted by Gasteiger charge is -2.39. The van der Waals surface area contributed by atoms with Crippen molar-refractivity contribution in [3.8, 4) is 5.75 Å². The zero-order valence-electron chi connectivity index (χ0n) is 17.6. The molecule has 33 heavy (non-hydrogen) atoms. The molecular formula is C23H20BrFN4O4. The normalized spacial score (nSPS) is 13.2. The number of methoxy groups -OCH3 is 1. The maximum absolute atomic E-state index is 13.4. The van der Waals surface area contributed by atoms with Crippen molar-refractivity contribution in [3.63, 3.8) is 0 Å². The van der Waals surface area contributed by atoms with E-state index in [1.165, 1.54) is 31.6 Å². The molecule has 0 aliphatic carbocycles. The average molecular weight is 515 g/mol. The minimum absolute atomic E-state index is 0.106. The number of nitrogens with one attached hydrogen (secondary N) is 1. The number of hydrogen-bond acceptors (Lipinski definition) is 7. The fourth-order valence-corrected chi connectivity index (χ4v) is 3.58. The van der Waals surface area contributed by atoms with Gasteiger partial charge in [0.15, 0.2) is 0 Å². The molecule has 0 bridgehead atoms. The topological polar surface area (TPSA) is 93.6 Å². The van der Waals surface area contributed by atoms with Gasteiger partial charge in [0.2, 0.25) is 0 Å². The van der Waals surface area contributed by atoms with E-state index in [0.29, 0.717) is 34.8 Å². The van der Waals surface area contributed by atoms with Crippen molar-refractivity contribution in [2.45, 2.75) is 12.5 Å². The van der Waals surface area contributed by atoms with Crippen LogP contribution in [-0.2, 0) is 16.0 Å². The van der Waals surface area contributed by atoms with Gasteiger partial charge in [0, 0.05) is 11.8 Å². The van der Waals surface area contributed by atoms with E-state index >= 15 is 0 Å². The van der Waals surface area contributed by atoms with Crippen LogP contribution in [0.3, 0.4) is 0 Å². The molecule has 0 unspecified atom stereocenters. The summed E-state index contributed by atoms with van der Waals surface area (Å²) in [7, 11) is 1.33. The SMILES string of the molecule is COC(=O)Cc1cccc(NC(=O)c2cnc(N3CC(Oc4cc(F)ccc4Br)C3)cn2)c1. The van der Waals surface area contributed by atoms with Crippen LogP contribution in [-0.4, -0.2) is 48.1 Å². The molecule has 1 aliphatic heterocycles. The van der Waals surface area contributed by atoms with E-state index in [1.54, 1.807) is 30.3 Å². The lowest BCUT2D eigenvalue weighted by molar-refractivity contribution is -0.139. The number of aromatic nitrogens is 2. The van der Waals surface area contributed by atoms with Crippen LogP contribution in [0.25, 0.3) is 0 Å². The molecule has 2 aromatic carbocycles. The third kappa shape index (κ3) is 5.64. The number of esters is 1. The van der Waals surface area contributed by atoms with E-state index in [2.05, 4.69) is 36.0 Å². The van der Waals surface area contributed by atoms with Crippen molar-refractivity contribution in [2.24, 2.45) is 0 Å². The third-order valence-corrected chi connectivity index (χ3v) is 5.65. The fraction of sp³-hybridized carbons (Fsp3) is 0.217. The highest BCUT2D eigenvalue weighted by atomic mass is 79.9. The summed E-state index contributed by atoms with van der Waals surface area (Å²) in [4.78, 5) is 34.4. The van der Waals surface area contributed by atoms with Gasteiger partial charge in [-0.2, -0.15) is 0 Å². The predicted octanol–water partition coefficient (Wildman–Crippen LogP) is 3.61. The summed E-state index contributed by atoms with van der Waals surface area (Å²) in [5.74, 6) is -0.0651. The molecule has 0 saturated carbocycles. The van der Waals surface area contributed by atoms with Crippen LogP contribution < -0.4 is 15.0 Å². The van der Waals surface area contributed by atoms with Crippen LogP contribution in [0.5, 0.6) is 5.75 Å². The van der Waals surface area contributed by atoms with Crippen LogP contribution >= 0.6 is 15.9 Å². The van der Waals surface area contributed by atoms with Gasteiger partial charge >= 0.3 is 5.97 Å². The molecule has 1 aliphatic rings. The second kappa shape index (κ2) is 9.95. The molecule has 0 spiro atoms. The Balaban J connectivity index is 1.31. The number of benzene rings is 2. The number of halogens is 2. The van der Waals surface area contributed by atoms with Gasteiger partial charge in [0.05, 0.1) is 43.5 Å². The Hall–Kier alpha value is -3.53. The summed E-state index contributed by atoms with van der Waals surface area (Å²) < 4.78 is 24.6. The number of carbonyl (C=O) groups is 2. The van der Waals surface area contributed by atoms with Gasteiger partial charge in [-0.25, -0.2) is 14.4 Å². The van der Waals surface area contributed by atoms with Crippen molar-refractivity contribution >= 4 is 39.3 Å². The number of anilines is 2. The maximum atomic E-state index is 13.4. The molecule has 2 heterocycles. The number of amides is 1. The lowest BCUT2D eigenvalue weighted by Crippen LogP contribution is -2.54. The monoisotopic (exact) mass is 514 g/mol. The Kier molecular flexibility index (Phi) is 6.83. The second-order valence-corrected chi connectivity index (χ2v) is 8.24. The summed E-state index contributed by atoms with van der Waals surface area (Å²) in [6.45, 7) is 1.13. The molecule has 1 saturated heterocycles. The zero-order valence-corrected chi connectivity index (χ0v) is 19.2. The first-order valence-corrected chi connectivity index (χ1v) is 10.9. The van der Waals surface area contributed by atoms with Gasteiger partial charge < -0.3 is 19.7 Å². The van der Waals surface area contributed by atoms with E-state index in [4.69, 9.17) is 4.74 Å². The van der Waals surface area contributed by atoms with Crippen LogP contribution in [0.2, 0.25) is 0 Å². The Morgan fingerprint density at radius 2 is 2.00 bits per heavy atom. The van der Waals surface area contributed by atoms with Gasteiger partial charge in [0.25, 0.3) is 5.91 Å². The second-order valence-electron chi connectivity index (χ2n) is 7.39. The Morgan fingerprint density at radius 3 is 2.73 bits per heavy atom. The molecule has 8 nitrogen and oxygen atoms in total. The highest BCUT2D eigenvalue weighted by Gasteiger charge is 2.30. The standard InChI is InChI=1S/C23H20BrFN4O4/c1-32-22(30)8-14-3-2-4-16(7-14)28-23(31)19-10-27-21(11-26-19)29-12-17(13-29)33-20-9-15(25)5-6-18(20)24/h2-7,9-11,17H,8,12-13H2,1H3,(H,28,31). The summed E-state index contributed by atoms with van der Waals surface area (Å²) in [6.07, 6.45) is 2.94. The fourth-order valence-electron chi connectivity index (χ4n) is 3.24. The Morgan fingerprint density at radius 1 is 1.18 bits per heavy atom. The highest BCUT2D eigenvalue weighted by molar-refractivity contribution is 9.10. The van der Waals surface area contributed by atoms with E-state index in [-0.39, 0.29) is 30.0 Å². The first kappa shape index (κ1) is 22.7. The Bertz CT molecular complexity index is 1170. The van der Waals surface area contributed by atoms with E-state index in [0.717, 1.165) is 5.56 Å². The number of ether oxygens (including phenoxy) is 2. The molecule has 4 rings (SSSR count). The molecule has 1 amide bonds. The van der Waals surface area contributed by atoms with Crippen molar-refractivity contribution in [1.82, 2.24) is 9.97 Å². The largest absolute Gasteiger partial charge is 0.485 e. The van der Waals surface area contributed by atoms with Crippen molar-refractivity contribution < 1.29 is 23.5 Å². The quantitative estimate of drug-likeness (QED) is 0.481. The number of hydrogen-bond donors (Lipinski definition) is 1. The molecule has 1 N–H and O–H groups in total. The number of nitrogens with zero attached hydrogens (tertiary/aromatic N) is 3. The summed E-state index contributed by atoms with van der Waals surface area (Å²) >= 11 is 3.35. The van der Waals surface area contributed by atoms with Gasteiger partial charge in [-0.15, -0.1) is 0 Å². The lowest BCUT2D eigenvalue weighted by atomic mass is 10.1. The Labute approximate surface area is 197 Å². The summed E-state index contributed by atoms with van der Waals surface area (Å²) in [6, 6.07) is 11.2. The highest BCUT2D eigenvalue weighted by Crippen LogP contribution is 2.29. The predicted molar refractivity (Wildman–Crippen MR) is 123 cm³/mol. The van der Waals surface area contributed by atoms with Crippen LogP contribution in [0.4, 0.5) is 15.9 Å². The van der Waals surface area contributed by atoms with Crippen molar-refractivity contribution in [1.29, 1.82) is 0 Å². The van der Waals surface area contributed by atoms with Crippen molar-refractivity contribution in [2.75, 3.05) is 30.4 Å². The number of rotatable bonds is 7. The van der Waals surface area contributed by atoms with Gasteiger partial charge in [-0.1, -0.05) is 12.1 Å². The van der Waals surface area contributed by atoms with Crippen molar-refractivity contribution in [3.05, 3.63) is 76.4 Å². The first-order valence-electron chi connectivity index (χ1n) is 10.1. The minimum Gasteiger partial charge on any atom is -0.485 e. The summed E-state index contributed by atoms with van der Waals surface area (Å²) in [5, 5.41) is 2.75. The number of carbonyl (C=O) groups excluding carboxylic acids is 2. The van der Waals surface area contributed by atoms with E-state index in [9.17, 15) is 14.0 Å². The van der Waals surface area contributed by atoms with E-state index < -0.39 is 5.91 Å². The van der Waals surface area contributed by atoms with Gasteiger partial charge in [-0.3, -0.25) is 9.59 Å². The maximum Gasteiger partial charge on any atom is 0.309 e. The zero-order chi connectivity index (χ0) is 23.4. The third-order valence-electron chi connectivity index (χ3n) is 4.99. The molecule has 1 aromatic heterocycles. The molecule has 1 fully saturated rings. The van der Waals surface area contributed by atoms with Gasteiger partial charge in [0.1, 0.15) is 29.2 Å². The molecule has 10 heteroatoms. The molecule has 3 aromatic rings. The first-order chi connectivity index (χ1) is 15.9. The molecule has 0 radical (unpaired) electrons. The summed E-state index contributed by atoms with van der Waals surface area (Å²) in [5.41, 5.74) is 1.42. The smallest absolute Gasteiger partial charge is 0.309 e. The van der Waals surface area contributed by atoms with Crippen LogP contribution in [0.1, 0.15) is 16.1 Å².